The van der Waals surface area contributed by atoms with Crippen LogP contribution in [0.3, 0.4) is 0 Å². The van der Waals surface area contributed by atoms with Gasteiger partial charge in [-0.2, -0.15) is 0 Å². The van der Waals surface area contributed by atoms with Gasteiger partial charge in [-0.3, -0.25) is 38.7 Å². The van der Waals surface area contributed by atoms with Crippen LogP contribution in [0.5, 0.6) is 0 Å². The maximum absolute atomic E-state index is 14.8. The highest BCUT2D eigenvalue weighted by Gasteiger charge is 2.62. The number of methoxy groups -OCH3 is 2. The molecule has 5 aliphatic heterocycles. The Hall–Kier alpha value is -8.52. The summed E-state index contributed by atoms with van der Waals surface area (Å²) in [6.07, 6.45) is 5.75. The third-order valence-electron chi connectivity index (χ3n) is 24.0. The first-order valence-corrected chi connectivity index (χ1v) is 40.4. The van der Waals surface area contributed by atoms with Crippen molar-refractivity contribution < 1.29 is 100 Å². The molecule has 3 aromatic heterocycles. The molecule has 4 saturated heterocycles. The summed E-state index contributed by atoms with van der Waals surface area (Å²) >= 11 is 0. The van der Waals surface area contributed by atoms with Crippen molar-refractivity contribution >= 4 is 53.2 Å². The summed E-state index contributed by atoms with van der Waals surface area (Å²) in [6, 6.07) is 11.0. The number of aliphatic hydroxyl groups is 1. The molecule has 8 heterocycles. The van der Waals surface area contributed by atoms with E-state index in [4.69, 9.17) is 52.1 Å². The van der Waals surface area contributed by atoms with Gasteiger partial charge in [-0.1, -0.05) is 79.8 Å². The van der Waals surface area contributed by atoms with Crippen LogP contribution in [0.25, 0.3) is 11.3 Å². The number of carbonyl (C=O) groups excluding carboxylic acids is 9. The molecule has 0 saturated carbocycles. The Morgan fingerprint density at radius 3 is 1.78 bits per heavy atom. The number of Topliss-reactive ketones (excluding diaryl/α,β-unsaturated/α-hetero) is 4. The van der Waals surface area contributed by atoms with E-state index in [1.54, 1.807) is 117 Å². The lowest BCUT2D eigenvalue weighted by molar-refractivity contribution is -0.295. The van der Waals surface area contributed by atoms with Crippen molar-refractivity contribution in [2.24, 2.45) is 41.4 Å². The quantitative estimate of drug-likeness (QED) is 0.0266. The summed E-state index contributed by atoms with van der Waals surface area (Å²) in [6.45, 7) is 34.7. The van der Waals surface area contributed by atoms with Crippen molar-refractivity contribution in [2.45, 2.75) is 264 Å². The monoisotopic (exact) mass is 1620 g/mol. The number of cyclic esters (lactones) is 2. The molecule has 0 spiro atoms. The number of allylic oxidation sites excluding steroid dienone is 1. The summed E-state index contributed by atoms with van der Waals surface area (Å²) < 4.78 is 71.8. The van der Waals surface area contributed by atoms with Gasteiger partial charge in [0.1, 0.15) is 42.3 Å². The highest BCUT2D eigenvalue weighted by Crippen LogP contribution is 2.46. The number of imidazole rings is 2. The van der Waals surface area contributed by atoms with Gasteiger partial charge in [-0.25, -0.2) is 28.9 Å². The third kappa shape index (κ3) is 20.8. The fraction of sp³-hybridized carbons (Fsp3) is 0.632. The van der Waals surface area contributed by atoms with Crippen molar-refractivity contribution in [2.75, 3.05) is 49.0 Å². The average Bonchev–Trinajstić information content (AvgIpc) is 1.57. The highest BCUT2D eigenvalue weighted by molar-refractivity contribution is 6.01. The second kappa shape index (κ2) is 39.8. The van der Waals surface area contributed by atoms with Crippen molar-refractivity contribution in [3.63, 3.8) is 0 Å². The van der Waals surface area contributed by atoms with Crippen molar-refractivity contribution in [3.8, 4) is 11.3 Å². The topological polar surface area (TPSA) is 334 Å². The molecule has 638 valence electrons. The van der Waals surface area contributed by atoms with Crippen LogP contribution in [0.4, 0.5) is 9.59 Å². The van der Waals surface area contributed by atoms with Crippen LogP contribution in [0, 0.1) is 48.3 Å². The van der Waals surface area contributed by atoms with E-state index < -0.39 is 161 Å². The average molecular weight is 1620 g/mol. The maximum Gasteiger partial charge on any atom is 0.420 e. The van der Waals surface area contributed by atoms with Crippen LogP contribution < -0.4 is 0 Å². The molecule has 9 rings (SSSR count). The number of ketones is 4. The zero-order chi connectivity index (χ0) is 85.8. The second-order valence-corrected chi connectivity index (χ2v) is 33.0. The SMILES string of the molecule is C=C[C@]1(OC(=O)n2ccnc2)/C=C(\C)C(=O)[C@H](C)C[C@](C)(OC)[C@H](OC2O[C@H](C)C[C@H](N(C)C)[C@H]2OC(=O)c2ccccc2)[C@@H](C)C(=O)[C@@H](C)C(=O)O[C@@H]1CC.C=C[C@]12OC(=O)N(CCCCn3cnc(-c4ccc(C)nc4)c3)[C@@H]1[C@@H](C)C(=O)[C@H](C)C[C@](C)(OC)[C@H](OC1O[C@H](C)C[C@H](N(C)C)[C@H]1O)[C@@H](C)C(=O)[C@@H](C)C(=O)O[C@@H]2CC. The number of hydrogen-bond donors (Lipinski definition) is 1. The molecule has 1 amide bonds. The molecule has 1 N–H and O–H groups in total. The molecule has 0 bridgehead atoms. The minimum absolute atomic E-state index is 0.0512. The van der Waals surface area contributed by atoms with E-state index in [-0.39, 0.29) is 73.7 Å². The number of aryl methyl sites for hydroxylation is 2. The van der Waals surface area contributed by atoms with Crippen LogP contribution in [0.1, 0.15) is 164 Å². The largest absolute Gasteiger partial charge is 0.457 e. The molecule has 4 fully saturated rings. The van der Waals surface area contributed by atoms with Crippen LogP contribution in [-0.2, 0) is 87.4 Å². The van der Waals surface area contributed by atoms with Gasteiger partial charge in [0.05, 0.1) is 65.3 Å². The smallest absolute Gasteiger partial charge is 0.420 e. The zero-order valence-electron chi connectivity index (χ0n) is 71.5. The van der Waals surface area contributed by atoms with Gasteiger partial charge in [0.2, 0.25) is 0 Å². The lowest BCUT2D eigenvalue weighted by atomic mass is 9.72. The number of hydrogen-bond acceptors (Lipinski definition) is 26. The van der Waals surface area contributed by atoms with Gasteiger partial charge in [-0.15, -0.1) is 0 Å². The molecule has 4 aromatic rings. The predicted molar refractivity (Wildman–Crippen MR) is 429 cm³/mol. The number of rotatable bonds is 21. The van der Waals surface area contributed by atoms with Crippen LogP contribution in [0.15, 0.2) is 117 Å². The number of aromatic nitrogens is 5. The standard InChI is InChI=1S/C45H67N5O10.C42H57N3O11/c1-13-35-45(14-2)39(50(43(55)60-45)20-16-15-19-49-24-33(47-25-49)32-18-17-27(4)46-23-32)29(6)36(51)26(3)22-44(9,56-12)40(30(7)37(52)31(8)41(54)58-35)59-42-38(53)34(48(10)11)21-28(5)57-42;1-12-32-42(13-2,56-40(50)45-20-19-43-24-45)23-26(4)33(46)25(3)22-41(8,51-11)36(28(6)34(47)29(7)37(48)53-32)55-39-35(31(44(9)10)21-27(5)52-39)54-38(49)30-17-15-14-16-18-30/h14,17-18,23-26,28-31,34-35,38-40,42,53H,2,13,15-16,19-22H2,1,3-12H3;13-20,23-25,27-29,31-32,35-36,39H,2,12,21-22H2,1,3-11H3/b;26-23+/t26-,28-,29+,30+,31-,34+,35-,38-,39-,40-,42?,44+,45-;25-,27-,28+,29-,31+,32-,35-,36-,39?,41+,42+/m11/s1. The fourth-order valence-corrected chi connectivity index (χ4v) is 17.2. The number of benzene rings is 1. The summed E-state index contributed by atoms with van der Waals surface area (Å²) in [4.78, 5) is 145. The number of aliphatic hydroxyl groups excluding tert-OH is 1. The molecule has 24 atom stereocenters. The highest BCUT2D eigenvalue weighted by atomic mass is 16.7. The van der Waals surface area contributed by atoms with Gasteiger partial charge < -0.3 is 71.6 Å². The number of fused-ring (bicyclic) bond motifs is 1. The molecule has 116 heavy (non-hydrogen) atoms. The summed E-state index contributed by atoms with van der Waals surface area (Å²) in [5.74, 6) is -10.6. The van der Waals surface area contributed by atoms with Gasteiger partial charge in [0.25, 0.3) is 0 Å². The molecule has 0 radical (unpaired) electrons. The minimum atomic E-state index is -1.80. The molecule has 1 aromatic carbocycles. The Morgan fingerprint density at radius 2 is 1.24 bits per heavy atom. The van der Waals surface area contributed by atoms with E-state index in [0.717, 1.165) is 21.5 Å². The number of ether oxygens (including phenoxy) is 11. The molecule has 29 heteroatoms. The summed E-state index contributed by atoms with van der Waals surface area (Å²) in [5.41, 5.74) is -2.84. The summed E-state index contributed by atoms with van der Waals surface area (Å²) in [7, 11) is 10.4. The van der Waals surface area contributed by atoms with E-state index >= 15 is 0 Å². The van der Waals surface area contributed by atoms with Crippen molar-refractivity contribution in [1.29, 1.82) is 0 Å². The number of nitrogens with zero attached hydrogens (tertiary/aromatic N) is 8. The van der Waals surface area contributed by atoms with Gasteiger partial charge in [-0.05, 0) is 183 Å². The Balaban J connectivity index is 0.000000291. The van der Waals surface area contributed by atoms with E-state index in [0.29, 0.717) is 37.8 Å². The molecule has 29 nitrogen and oxygen atoms in total. The number of carbonyl (C=O) groups is 9. The van der Waals surface area contributed by atoms with Gasteiger partial charge in [0, 0.05) is 99.0 Å². The Kier molecular flexibility index (Phi) is 31.9. The normalized spacial score (nSPS) is 35.2. The Morgan fingerprint density at radius 1 is 0.681 bits per heavy atom. The van der Waals surface area contributed by atoms with Crippen molar-refractivity contribution in [1.82, 2.24) is 38.8 Å². The third-order valence-corrected chi connectivity index (χ3v) is 24.0. The molecule has 2 unspecified atom stereocenters. The lowest BCUT2D eigenvalue weighted by Gasteiger charge is -2.47. The minimum Gasteiger partial charge on any atom is -0.457 e. The first-order chi connectivity index (χ1) is 54.7. The molecular formula is C87H124N8O21. The number of pyridine rings is 1. The maximum atomic E-state index is 14.8. The van der Waals surface area contributed by atoms with Gasteiger partial charge in [0.15, 0.2) is 47.2 Å². The zero-order valence-corrected chi connectivity index (χ0v) is 71.5. The number of likely N-dealkylation sites (N-methyl/N-ethyl adjacent to an activating group) is 2. The van der Waals surface area contributed by atoms with Crippen LogP contribution >= 0.6 is 0 Å². The van der Waals surface area contributed by atoms with E-state index in [9.17, 15) is 48.3 Å². The van der Waals surface area contributed by atoms with Gasteiger partial charge >= 0.3 is 30.1 Å². The first-order valence-electron chi connectivity index (χ1n) is 40.4. The second-order valence-electron chi connectivity index (χ2n) is 33.0. The molecule has 0 aliphatic carbocycles. The number of unbranched alkanes of at least 4 members (excludes halogenated alkanes) is 1. The molecule has 5 aliphatic rings. The van der Waals surface area contributed by atoms with E-state index in [2.05, 4.69) is 28.1 Å². The molecular weight excluding hydrogens is 1490 g/mol. The van der Waals surface area contributed by atoms with Crippen molar-refractivity contribution in [3.05, 3.63) is 128 Å². The Labute approximate surface area is 682 Å². The first kappa shape index (κ1) is 93.0. The van der Waals surface area contributed by atoms with E-state index in [1.807, 2.05) is 81.7 Å². The number of amides is 1. The fourth-order valence-electron chi connectivity index (χ4n) is 17.2. The predicted octanol–water partition coefficient (Wildman–Crippen LogP) is 11.0. The Bertz CT molecular complexity index is 4100. The number of esters is 3. The van der Waals surface area contributed by atoms with Crippen LogP contribution in [-0.4, -0.2) is 248 Å². The summed E-state index contributed by atoms with van der Waals surface area (Å²) in [5, 5.41) is 11.5. The lowest BCUT2D eigenvalue weighted by Crippen LogP contribution is -2.60. The van der Waals surface area contributed by atoms with Crippen LogP contribution in [0.2, 0.25) is 0 Å². The van der Waals surface area contributed by atoms with E-state index in [1.165, 1.54) is 65.0 Å².